The largest absolute Gasteiger partial charge is 0.316 e. The Labute approximate surface area is 76.3 Å². The highest BCUT2D eigenvalue weighted by molar-refractivity contribution is 4.65. The van der Waals surface area contributed by atoms with Crippen molar-refractivity contribution in [2.75, 3.05) is 13.1 Å². The van der Waals surface area contributed by atoms with Gasteiger partial charge in [0.1, 0.15) is 0 Å². The molecule has 3 heteroatoms. The maximum atomic E-state index is 5.78. The average Bonchev–Trinajstić information content (AvgIpc) is 2.06. The molecule has 12 heavy (non-hydrogen) atoms. The summed E-state index contributed by atoms with van der Waals surface area (Å²) in [7, 11) is 0. The molecule has 0 rings (SSSR count). The summed E-state index contributed by atoms with van der Waals surface area (Å²) in [6, 6.07) is 0. The summed E-state index contributed by atoms with van der Waals surface area (Å²) >= 11 is 0. The molecule has 0 fully saturated rings. The first-order valence-corrected chi connectivity index (χ1v) is 4.91. The molecule has 0 radical (unpaired) electrons. The van der Waals surface area contributed by atoms with Gasteiger partial charge in [-0.1, -0.05) is 20.8 Å². The van der Waals surface area contributed by atoms with Gasteiger partial charge in [-0.2, -0.15) is 0 Å². The molecule has 0 spiro atoms. The summed E-state index contributed by atoms with van der Waals surface area (Å²) in [6.07, 6.45) is 1.49. The van der Waals surface area contributed by atoms with E-state index < -0.39 is 0 Å². The number of nitrogens with zero attached hydrogens (tertiary/aromatic N) is 1. The molecular weight excluding hydrogens is 150 g/mol. The van der Waals surface area contributed by atoms with Crippen LogP contribution in [0.5, 0.6) is 0 Å². The summed E-state index contributed by atoms with van der Waals surface area (Å²) in [5.74, 6) is 0. The van der Waals surface area contributed by atoms with Crippen LogP contribution in [0.1, 0.15) is 34.1 Å². The quantitative estimate of drug-likeness (QED) is 0.588. The van der Waals surface area contributed by atoms with Gasteiger partial charge in [0.25, 0.3) is 0 Å². The minimum absolute atomic E-state index is 0.126. The second-order valence-corrected chi connectivity index (χ2v) is 3.08. The Morgan fingerprint density at radius 1 is 1.25 bits per heavy atom. The van der Waals surface area contributed by atoms with Gasteiger partial charge < -0.3 is 5.73 Å². The van der Waals surface area contributed by atoms with Crippen LogP contribution in [0.2, 0.25) is 0 Å². The standard InChI is InChI=1S/C9H23N3/c1-5-9(10)11-8(4)12(6-2)7-3/h8-9,11H,5-7,10H2,1-4H3. The molecule has 2 atom stereocenters. The van der Waals surface area contributed by atoms with E-state index in [4.69, 9.17) is 5.73 Å². The maximum absolute atomic E-state index is 5.78. The molecule has 0 aromatic rings. The molecule has 74 valence electrons. The molecule has 3 nitrogen and oxygen atoms in total. The fraction of sp³-hybridized carbons (Fsp3) is 1.00. The van der Waals surface area contributed by atoms with Crippen LogP contribution in [0.25, 0.3) is 0 Å². The highest BCUT2D eigenvalue weighted by Crippen LogP contribution is 1.95. The molecule has 0 aliphatic carbocycles. The van der Waals surface area contributed by atoms with Gasteiger partial charge in [0, 0.05) is 0 Å². The molecule has 2 unspecified atom stereocenters. The van der Waals surface area contributed by atoms with E-state index in [1.807, 2.05) is 0 Å². The number of hydrogen-bond acceptors (Lipinski definition) is 3. The molecule has 0 heterocycles. The van der Waals surface area contributed by atoms with Crippen molar-refractivity contribution in [2.45, 2.75) is 46.4 Å². The molecule has 0 aromatic heterocycles. The van der Waals surface area contributed by atoms with Crippen molar-refractivity contribution in [1.82, 2.24) is 10.2 Å². The van der Waals surface area contributed by atoms with Gasteiger partial charge in [-0.3, -0.25) is 10.2 Å². The monoisotopic (exact) mass is 173 g/mol. The zero-order valence-electron chi connectivity index (χ0n) is 8.80. The molecule has 0 aliphatic heterocycles. The first kappa shape index (κ1) is 11.9. The molecule has 0 aromatic carbocycles. The summed E-state index contributed by atoms with van der Waals surface area (Å²) in [5, 5.41) is 3.34. The SMILES string of the molecule is CCC(N)NC(C)N(CC)CC. The lowest BCUT2D eigenvalue weighted by atomic mass is 10.3. The van der Waals surface area contributed by atoms with Gasteiger partial charge in [-0.15, -0.1) is 0 Å². The number of nitrogens with two attached hydrogens (primary N) is 1. The summed E-state index contributed by atoms with van der Waals surface area (Å²) in [5.41, 5.74) is 5.78. The Morgan fingerprint density at radius 3 is 2.08 bits per heavy atom. The average molecular weight is 173 g/mol. The van der Waals surface area contributed by atoms with Crippen LogP contribution in [-0.2, 0) is 0 Å². The van der Waals surface area contributed by atoms with Crippen molar-refractivity contribution in [3.8, 4) is 0 Å². The van der Waals surface area contributed by atoms with Crippen LogP contribution < -0.4 is 11.1 Å². The minimum Gasteiger partial charge on any atom is -0.316 e. The van der Waals surface area contributed by atoms with Crippen LogP contribution in [0, 0.1) is 0 Å². The predicted octanol–water partition coefficient (Wildman–Crippen LogP) is 0.959. The summed E-state index contributed by atoms with van der Waals surface area (Å²) in [4.78, 5) is 2.34. The lowest BCUT2D eigenvalue weighted by molar-refractivity contribution is 0.181. The van der Waals surface area contributed by atoms with Crippen LogP contribution in [0.15, 0.2) is 0 Å². The minimum atomic E-state index is 0.126. The Hall–Kier alpha value is -0.120. The van der Waals surface area contributed by atoms with Crippen molar-refractivity contribution in [2.24, 2.45) is 5.73 Å². The van der Waals surface area contributed by atoms with E-state index in [9.17, 15) is 0 Å². The third-order valence-electron chi connectivity index (χ3n) is 2.26. The topological polar surface area (TPSA) is 41.3 Å². The van der Waals surface area contributed by atoms with E-state index in [-0.39, 0.29) is 6.17 Å². The number of rotatable bonds is 6. The molecule has 0 aliphatic rings. The van der Waals surface area contributed by atoms with E-state index in [1.54, 1.807) is 0 Å². The zero-order chi connectivity index (χ0) is 9.56. The lowest BCUT2D eigenvalue weighted by Crippen LogP contribution is -2.50. The highest BCUT2D eigenvalue weighted by Gasteiger charge is 2.10. The number of hydrogen-bond donors (Lipinski definition) is 2. The molecule has 0 saturated carbocycles. The first-order chi connectivity index (χ1) is 5.65. The normalized spacial score (nSPS) is 16.5. The fourth-order valence-corrected chi connectivity index (χ4v) is 1.30. The van der Waals surface area contributed by atoms with E-state index in [1.165, 1.54) is 0 Å². The highest BCUT2D eigenvalue weighted by atomic mass is 15.3. The van der Waals surface area contributed by atoms with E-state index in [2.05, 4.69) is 37.9 Å². The van der Waals surface area contributed by atoms with Crippen LogP contribution in [-0.4, -0.2) is 30.3 Å². The van der Waals surface area contributed by atoms with E-state index >= 15 is 0 Å². The molecule has 3 N–H and O–H groups in total. The fourth-order valence-electron chi connectivity index (χ4n) is 1.30. The molecule has 0 amide bonds. The maximum Gasteiger partial charge on any atom is 0.0579 e. The Bertz CT molecular complexity index is 102. The zero-order valence-corrected chi connectivity index (χ0v) is 8.80. The second-order valence-electron chi connectivity index (χ2n) is 3.08. The Kier molecular flexibility index (Phi) is 6.34. The van der Waals surface area contributed by atoms with Gasteiger partial charge in [-0.25, -0.2) is 0 Å². The van der Waals surface area contributed by atoms with Gasteiger partial charge in [0.15, 0.2) is 0 Å². The first-order valence-electron chi connectivity index (χ1n) is 4.91. The Morgan fingerprint density at radius 2 is 1.75 bits per heavy atom. The van der Waals surface area contributed by atoms with Crippen molar-refractivity contribution >= 4 is 0 Å². The lowest BCUT2D eigenvalue weighted by Gasteiger charge is -2.29. The third-order valence-corrected chi connectivity index (χ3v) is 2.26. The van der Waals surface area contributed by atoms with Gasteiger partial charge in [0.05, 0.1) is 12.3 Å². The van der Waals surface area contributed by atoms with Gasteiger partial charge in [0.2, 0.25) is 0 Å². The van der Waals surface area contributed by atoms with Crippen molar-refractivity contribution in [3.63, 3.8) is 0 Å². The van der Waals surface area contributed by atoms with Crippen molar-refractivity contribution in [3.05, 3.63) is 0 Å². The predicted molar refractivity (Wildman–Crippen MR) is 53.8 cm³/mol. The summed E-state index contributed by atoms with van der Waals surface area (Å²) in [6.45, 7) is 10.7. The van der Waals surface area contributed by atoms with Crippen molar-refractivity contribution < 1.29 is 0 Å². The van der Waals surface area contributed by atoms with Crippen molar-refractivity contribution in [1.29, 1.82) is 0 Å². The third kappa shape index (κ3) is 4.04. The smallest absolute Gasteiger partial charge is 0.0579 e. The van der Waals surface area contributed by atoms with Gasteiger partial charge >= 0.3 is 0 Å². The van der Waals surface area contributed by atoms with Crippen LogP contribution in [0.3, 0.4) is 0 Å². The second kappa shape index (κ2) is 6.40. The Balaban J connectivity index is 3.75. The van der Waals surface area contributed by atoms with E-state index in [0.29, 0.717) is 6.17 Å². The molecule has 0 bridgehead atoms. The summed E-state index contributed by atoms with van der Waals surface area (Å²) < 4.78 is 0. The molecule has 0 saturated heterocycles. The van der Waals surface area contributed by atoms with Gasteiger partial charge in [-0.05, 0) is 26.4 Å². The molecular formula is C9H23N3. The van der Waals surface area contributed by atoms with E-state index in [0.717, 1.165) is 19.5 Å². The number of nitrogens with one attached hydrogen (secondary N) is 1. The van der Waals surface area contributed by atoms with Crippen LogP contribution in [0.4, 0.5) is 0 Å². The van der Waals surface area contributed by atoms with Crippen LogP contribution >= 0.6 is 0 Å².